The lowest BCUT2D eigenvalue weighted by Gasteiger charge is -2.19. The first-order valence-corrected chi connectivity index (χ1v) is 9.77. The van der Waals surface area contributed by atoms with Crippen molar-refractivity contribution in [2.24, 2.45) is 0 Å². The number of nitro benzene ring substituents is 1. The number of anilines is 1. The number of nitro groups is 1. The number of fused-ring (bicyclic) bond motifs is 1. The van der Waals surface area contributed by atoms with E-state index in [1.165, 1.54) is 16.7 Å². The number of aromatic nitrogens is 2. The molecule has 156 valence electrons. The molecule has 4 rings (SSSR count). The first-order chi connectivity index (χ1) is 14.6. The predicted molar refractivity (Wildman–Crippen MR) is 113 cm³/mol. The fraction of sp³-hybridized carbons (Fsp3) is 0.333. The topological polar surface area (TPSA) is 99.7 Å². The second-order valence-electron chi connectivity index (χ2n) is 7.04. The smallest absolute Gasteiger partial charge is 0.294 e. The van der Waals surface area contributed by atoms with Crippen molar-refractivity contribution in [3.8, 4) is 11.5 Å². The summed E-state index contributed by atoms with van der Waals surface area (Å²) in [6, 6.07) is 11.5. The maximum atomic E-state index is 13.2. The van der Waals surface area contributed by atoms with Gasteiger partial charge in [0, 0.05) is 25.2 Å². The van der Waals surface area contributed by atoms with E-state index >= 15 is 0 Å². The molecule has 0 radical (unpaired) electrons. The molecule has 1 saturated heterocycles. The molecule has 0 amide bonds. The van der Waals surface area contributed by atoms with E-state index in [1.54, 1.807) is 37.4 Å². The highest BCUT2D eigenvalue weighted by molar-refractivity contribution is 5.79. The Morgan fingerprint density at radius 2 is 1.80 bits per heavy atom. The minimum atomic E-state index is -0.476. The van der Waals surface area contributed by atoms with Gasteiger partial charge in [0.1, 0.15) is 18.1 Å². The molecule has 0 spiro atoms. The molecular formula is C21H22N4O5. The maximum Gasteiger partial charge on any atom is 0.294 e. The molecule has 9 nitrogen and oxygen atoms in total. The van der Waals surface area contributed by atoms with Gasteiger partial charge in [0.15, 0.2) is 5.82 Å². The SMILES string of the molecule is COc1ccc(OCCn2c(=O)c(N3CCCC3)nc3ccc([N+](=O)[O-])cc32)cc1. The monoisotopic (exact) mass is 410 g/mol. The van der Waals surface area contributed by atoms with Crippen LogP contribution >= 0.6 is 0 Å². The predicted octanol–water partition coefficient (Wildman–Crippen LogP) is 2.99. The number of hydrogen-bond donors (Lipinski definition) is 0. The standard InChI is InChI=1S/C21H22N4O5/c1-29-16-5-7-17(8-6-16)30-13-12-24-19-14-15(25(27)28)4-9-18(19)22-20(21(24)26)23-10-2-3-11-23/h4-9,14H,2-3,10-13H2,1H3. The van der Waals surface area contributed by atoms with Crippen LogP contribution in [0.2, 0.25) is 0 Å². The second kappa shape index (κ2) is 8.40. The third-order valence-electron chi connectivity index (χ3n) is 5.17. The van der Waals surface area contributed by atoms with Gasteiger partial charge in [-0.25, -0.2) is 4.98 Å². The van der Waals surface area contributed by atoms with Gasteiger partial charge in [-0.2, -0.15) is 0 Å². The highest BCUT2D eigenvalue weighted by atomic mass is 16.6. The van der Waals surface area contributed by atoms with Crippen LogP contribution in [0.1, 0.15) is 12.8 Å². The first-order valence-electron chi connectivity index (χ1n) is 9.77. The van der Waals surface area contributed by atoms with Crippen molar-refractivity contribution in [3.63, 3.8) is 0 Å². The van der Waals surface area contributed by atoms with Crippen molar-refractivity contribution in [2.45, 2.75) is 19.4 Å². The Labute approximate surface area is 172 Å². The van der Waals surface area contributed by atoms with E-state index in [2.05, 4.69) is 4.98 Å². The fourth-order valence-electron chi connectivity index (χ4n) is 3.61. The summed E-state index contributed by atoms with van der Waals surface area (Å²) in [7, 11) is 1.59. The molecule has 1 aliphatic rings. The Hall–Kier alpha value is -3.62. The maximum absolute atomic E-state index is 13.2. The van der Waals surface area contributed by atoms with E-state index in [1.807, 2.05) is 4.90 Å². The summed E-state index contributed by atoms with van der Waals surface area (Å²) in [6.07, 6.45) is 2.03. The molecule has 2 heterocycles. The molecule has 1 aliphatic heterocycles. The van der Waals surface area contributed by atoms with Crippen LogP contribution in [0.5, 0.6) is 11.5 Å². The molecule has 3 aromatic rings. The Bertz CT molecular complexity index is 1120. The third-order valence-corrected chi connectivity index (χ3v) is 5.17. The summed E-state index contributed by atoms with van der Waals surface area (Å²) in [5, 5.41) is 11.2. The van der Waals surface area contributed by atoms with Crippen LogP contribution in [-0.2, 0) is 6.54 Å². The molecule has 0 atom stereocenters. The van der Waals surface area contributed by atoms with Crippen molar-refractivity contribution >= 4 is 22.5 Å². The third kappa shape index (κ3) is 3.91. The van der Waals surface area contributed by atoms with Gasteiger partial charge >= 0.3 is 0 Å². The van der Waals surface area contributed by atoms with E-state index in [0.29, 0.717) is 22.6 Å². The van der Waals surface area contributed by atoms with Gasteiger partial charge in [0.2, 0.25) is 0 Å². The lowest BCUT2D eigenvalue weighted by molar-refractivity contribution is -0.384. The lowest BCUT2D eigenvalue weighted by Crippen LogP contribution is -2.33. The second-order valence-corrected chi connectivity index (χ2v) is 7.04. The van der Waals surface area contributed by atoms with E-state index in [-0.39, 0.29) is 24.4 Å². The molecule has 0 saturated carbocycles. The molecule has 1 aromatic heterocycles. The number of nitrogens with zero attached hydrogens (tertiary/aromatic N) is 4. The van der Waals surface area contributed by atoms with E-state index in [9.17, 15) is 14.9 Å². The molecular weight excluding hydrogens is 388 g/mol. The zero-order valence-corrected chi connectivity index (χ0v) is 16.6. The first kappa shape index (κ1) is 19.7. The van der Waals surface area contributed by atoms with Crippen molar-refractivity contribution in [1.29, 1.82) is 0 Å². The Morgan fingerprint density at radius 3 is 2.47 bits per heavy atom. The summed E-state index contributed by atoms with van der Waals surface area (Å²) >= 11 is 0. The summed E-state index contributed by atoms with van der Waals surface area (Å²) < 4.78 is 12.4. The Kier molecular flexibility index (Phi) is 5.51. The van der Waals surface area contributed by atoms with Crippen molar-refractivity contribution in [3.05, 3.63) is 62.9 Å². The van der Waals surface area contributed by atoms with Crippen LogP contribution < -0.4 is 19.9 Å². The molecule has 0 unspecified atom stereocenters. The molecule has 0 N–H and O–H groups in total. The number of benzene rings is 2. The molecule has 1 fully saturated rings. The number of hydrogen-bond acceptors (Lipinski definition) is 7. The van der Waals surface area contributed by atoms with Gasteiger partial charge in [-0.1, -0.05) is 0 Å². The minimum absolute atomic E-state index is 0.0811. The number of rotatable bonds is 7. The van der Waals surface area contributed by atoms with Crippen molar-refractivity contribution in [1.82, 2.24) is 9.55 Å². The molecule has 9 heteroatoms. The Balaban J connectivity index is 1.67. The highest BCUT2D eigenvalue weighted by Crippen LogP contribution is 2.23. The number of non-ortho nitro benzene ring substituents is 1. The normalized spacial score (nSPS) is 13.6. The minimum Gasteiger partial charge on any atom is -0.497 e. The lowest BCUT2D eigenvalue weighted by atomic mass is 10.2. The van der Waals surface area contributed by atoms with Crippen LogP contribution in [0.15, 0.2) is 47.3 Å². The van der Waals surface area contributed by atoms with Crippen LogP contribution in [0.25, 0.3) is 11.0 Å². The summed E-state index contributed by atoms with van der Waals surface area (Å²) in [4.78, 5) is 30.4. The quantitative estimate of drug-likeness (QED) is 0.436. The zero-order valence-electron chi connectivity index (χ0n) is 16.6. The fourth-order valence-corrected chi connectivity index (χ4v) is 3.61. The highest BCUT2D eigenvalue weighted by Gasteiger charge is 2.21. The Morgan fingerprint density at radius 1 is 1.10 bits per heavy atom. The average Bonchev–Trinajstić information content (AvgIpc) is 3.29. The van der Waals surface area contributed by atoms with Gasteiger partial charge in [-0.3, -0.25) is 19.5 Å². The van der Waals surface area contributed by atoms with Gasteiger partial charge in [0.25, 0.3) is 11.2 Å². The summed E-state index contributed by atoms with van der Waals surface area (Å²) in [5.41, 5.74) is 0.632. The van der Waals surface area contributed by atoms with Gasteiger partial charge in [-0.05, 0) is 43.2 Å². The van der Waals surface area contributed by atoms with Gasteiger partial charge in [0.05, 0.1) is 29.6 Å². The van der Waals surface area contributed by atoms with Crippen molar-refractivity contribution in [2.75, 3.05) is 31.7 Å². The van der Waals surface area contributed by atoms with E-state index in [0.717, 1.165) is 31.7 Å². The van der Waals surface area contributed by atoms with Crippen LogP contribution in [0, 0.1) is 10.1 Å². The zero-order chi connectivity index (χ0) is 21.1. The van der Waals surface area contributed by atoms with Crippen LogP contribution in [-0.4, -0.2) is 41.3 Å². The van der Waals surface area contributed by atoms with Gasteiger partial charge in [-0.15, -0.1) is 0 Å². The molecule has 0 aliphatic carbocycles. The summed E-state index contributed by atoms with van der Waals surface area (Å²) in [6.45, 7) is 2.03. The van der Waals surface area contributed by atoms with Crippen molar-refractivity contribution < 1.29 is 14.4 Å². The van der Waals surface area contributed by atoms with Crippen LogP contribution in [0.3, 0.4) is 0 Å². The molecule has 0 bridgehead atoms. The number of methoxy groups -OCH3 is 1. The molecule has 30 heavy (non-hydrogen) atoms. The summed E-state index contributed by atoms with van der Waals surface area (Å²) in [5.74, 6) is 1.76. The molecule has 2 aromatic carbocycles. The number of ether oxygens (including phenoxy) is 2. The largest absolute Gasteiger partial charge is 0.497 e. The van der Waals surface area contributed by atoms with E-state index < -0.39 is 4.92 Å². The van der Waals surface area contributed by atoms with E-state index in [4.69, 9.17) is 9.47 Å². The van der Waals surface area contributed by atoms with Crippen LogP contribution in [0.4, 0.5) is 11.5 Å². The van der Waals surface area contributed by atoms with Gasteiger partial charge < -0.3 is 14.4 Å². The average molecular weight is 410 g/mol.